The van der Waals surface area contributed by atoms with Crippen LogP contribution in [0.5, 0.6) is 11.5 Å². The predicted octanol–water partition coefficient (Wildman–Crippen LogP) is 2.23. The molecule has 0 aliphatic carbocycles. The quantitative estimate of drug-likeness (QED) is 0.642. The number of Topliss-reactive ketones (excluding diaryl/α,β-unsaturated/α-hetero) is 1. The van der Waals surface area contributed by atoms with Crippen molar-refractivity contribution < 1.29 is 37.0 Å². The van der Waals surface area contributed by atoms with E-state index in [-0.39, 0.29) is 10.6 Å². The normalized spacial score (nSPS) is 18.4. The first kappa shape index (κ1) is 22.2. The van der Waals surface area contributed by atoms with E-state index in [4.69, 9.17) is 18.9 Å². The third kappa shape index (κ3) is 4.19. The molecule has 0 radical (unpaired) electrons. The third-order valence-electron chi connectivity index (χ3n) is 4.60. The van der Waals surface area contributed by atoms with Crippen molar-refractivity contribution in [3.05, 3.63) is 65.7 Å². The van der Waals surface area contributed by atoms with E-state index in [0.717, 1.165) is 6.92 Å². The number of hydrogen-bond donors (Lipinski definition) is 1. The van der Waals surface area contributed by atoms with Crippen LogP contribution >= 0.6 is 0 Å². The van der Waals surface area contributed by atoms with Gasteiger partial charge in [0.25, 0.3) is 21.7 Å². The van der Waals surface area contributed by atoms with Gasteiger partial charge in [-0.1, -0.05) is 18.2 Å². The zero-order chi connectivity index (χ0) is 22.8. The second-order valence-electron chi connectivity index (χ2n) is 6.70. The van der Waals surface area contributed by atoms with Crippen LogP contribution in [0.15, 0.2) is 65.1 Å². The van der Waals surface area contributed by atoms with Crippen molar-refractivity contribution in [1.29, 1.82) is 0 Å². The Kier molecular flexibility index (Phi) is 5.94. The summed E-state index contributed by atoms with van der Waals surface area (Å²) in [5, 5.41) is 0. The average Bonchev–Trinajstić information content (AvgIpc) is 2.98. The maximum atomic E-state index is 13.2. The average molecular weight is 447 g/mol. The number of carbonyl (C=O) groups is 2. The van der Waals surface area contributed by atoms with Crippen LogP contribution in [0, 0.1) is 0 Å². The van der Waals surface area contributed by atoms with Crippen LogP contribution in [-0.2, 0) is 34.7 Å². The highest BCUT2D eigenvalue weighted by atomic mass is 32.2. The van der Waals surface area contributed by atoms with Crippen molar-refractivity contribution in [2.45, 2.75) is 24.3 Å². The first-order valence-electron chi connectivity index (χ1n) is 9.09. The summed E-state index contributed by atoms with van der Waals surface area (Å²) >= 11 is 0. The lowest BCUT2D eigenvalue weighted by molar-refractivity contribution is -0.142. The number of sulfonamides is 1. The van der Waals surface area contributed by atoms with Crippen LogP contribution < -0.4 is 14.2 Å². The maximum absolute atomic E-state index is 13.2. The van der Waals surface area contributed by atoms with Crippen LogP contribution in [0.2, 0.25) is 0 Å². The summed E-state index contributed by atoms with van der Waals surface area (Å²) in [4.78, 5) is 24.8. The molecule has 0 saturated heterocycles. The zero-order valence-electron chi connectivity index (χ0n) is 17.3. The molecule has 164 valence electrons. The van der Waals surface area contributed by atoms with Gasteiger partial charge in [0.1, 0.15) is 11.5 Å². The summed E-state index contributed by atoms with van der Waals surface area (Å²) in [5.41, 5.74) is -1.43. The molecule has 1 aliphatic rings. The fourth-order valence-corrected chi connectivity index (χ4v) is 4.08. The summed E-state index contributed by atoms with van der Waals surface area (Å²) in [5.74, 6) is -1.86. The van der Waals surface area contributed by atoms with Crippen molar-refractivity contribution in [1.82, 2.24) is 4.72 Å². The van der Waals surface area contributed by atoms with Gasteiger partial charge in [-0.2, -0.15) is 0 Å². The van der Waals surface area contributed by atoms with Crippen molar-refractivity contribution in [3.63, 3.8) is 0 Å². The number of esters is 1. The second-order valence-corrected chi connectivity index (χ2v) is 8.38. The Morgan fingerprint density at radius 2 is 1.74 bits per heavy atom. The van der Waals surface area contributed by atoms with Crippen LogP contribution in [0.1, 0.15) is 19.4 Å². The topological polar surface area (TPSA) is 117 Å². The molecule has 9 nitrogen and oxygen atoms in total. The lowest BCUT2D eigenvalue weighted by atomic mass is 9.90. The second kappa shape index (κ2) is 8.31. The third-order valence-corrected chi connectivity index (χ3v) is 5.95. The van der Waals surface area contributed by atoms with Gasteiger partial charge in [0.15, 0.2) is 0 Å². The highest BCUT2D eigenvalue weighted by molar-refractivity contribution is 7.89. The lowest BCUT2D eigenvalue weighted by Gasteiger charge is -2.25. The molecule has 1 aliphatic heterocycles. The minimum absolute atomic E-state index is 0.0589. The number of methoxy groups -OCH3 is 2. The zero-order valence-corrected chi connectivity index (χ0v) is 18.1. The van der Waals surface area contributed by atoms with Crippen LogP contribution in [-0.4, -0.2) is 34.4 Å². The van der Waals surface area contributed by atoms with E-state index < -0.39 is 39.0 Å². The van der Waals surface area contributed by atoms with Gasteiger partial charge in [-0.15, -0.1) is 0 Å². The standard InChI is InChI=1S/C21H21NO8S/c1-13(23)29-18-19(24)21(2,16-11-10-14(27-3)12-17(16)28-4)30-20(18)22-31(25,26)15-8-6-5-7-9-15/h5-12,22H,1-4H3. The Balaban J connectivity index is 2.06. The number of carbonyl (C=O) groups excluding carboxylic acids is 2. The van der Waals surface area contributed by atoms with Gasteiger partial charge < -0.3 is 18.9 Å². The van der Waals surface area contributed by atoms with E-state index >= 15 is 0 Å². The number of ketones is 1. The molecule has 1 atom stereocenters. The van der Waals surface area contributed by atoms with Gasteiger partial charge >= 0.3 is 5.97 Å². The Morgan fingerprint density at radius 3 is 2.32 bits per heavy atom. The van der Waals surface area contributed by atoms with Crippen molar-refractivity contribution in [3.8, 4) is 11.5 Å². The summed E-state index contributed by atoms with van der Waals surface area (Å²) in [6.45, 7) is 2.51. The Labute approximate surface area is 179 Å². The minimum Gasteiger partial charge on any atom is -0.497 e. The molecule has 0 saturated carbocycles. The Bertz CT molecular complexity index is 1160. The highest BCUT2D eigenvalue weighted by Crippen LogP contribution is 2.43. The van der Waals surface area contributed by atoms with Gasteiger partial charge in [-0.05, 0) is 31.2 Å². The summed E-state index contributed by atoms with van der Waals surface area (Å²) < 4.78 is 49.1. The monoisotopic (exact) mass is 447 g/mol. The Hall–Kier alpha value is -3.53. The molecule has 0 aromatic heterocycles. The van der Waals surface area contributed by atoms with Crippen LogP contribution in [0.25, 0.3) is 0 Å². The molecule has 1 heterocycles. The molecular formula is C21H21NO8S. The van der Waals surface area contributed by atoms with Crippen molar-refractivity contribution in [2.75, 3.05) is 14.2 Å². The van der Waals surface area contributed by atoms with Crippen LogP contribution in [0.3, 0.4) is 0 Å². The maximum Gasteiger partial charge on any atom is 0.308 e. The van der Waals surface area contributed by atoms with Crippen molar-refractivity contribution in [2.24, 2.45) is 0 Å². The molecule has 10 heteroatoms. The van der Waals surface area contributed by atoms with E-state index in [1.807, 2.05) is 0 Å². The Morgan fingerprint density at radius 1 is 1.06 bits per heavy atom. The molecule has 0 fully saturated rings. The number of nitrogens with one attached hydrogen (secondary N) is 1. The van der Waals surface area contributed by atoms with E-state index in [2.05, 4.69) is 4.72 Å². The van der Waals surface area contributed by atoms with Gasteiger partial charge in [-0.3, -0.25) is 9.59 Å². The van der Waals surface area contributed by atoms with Crippen LogP contribution in [0.4, 0.5) is 0 Å². The van der Waals surface area contributed by atoms with E-state index in [1.54, 1.807) is 36.4 Å². The van der Waals surface area contributed by atoms with E-state index in [1.165, 1.54) is 33.3 Å². The molecule has 2 aromatic rings. The molecule has 3 rings (SSSR count). The number of ether oxygens (including phenoxy) is 4. The number of benzene rings is 2. The minimum atomic E-state index is -4.12. The molecule has 0 spiro atoms. The SMILES string of the molecule is COc1ccc(C2(C)OC(NS(=O)(=O)c3ccccc3)=C(OC(C)=O)C2=O)c(OC)c1. The predicted molar refractivity (Wildman–Crippen MR) is 109 cm³/mol. The number of hydrogen-bond acceptors (Lipinski definition) is 8. The van der Waals surface area contributed by atoms with Gasteiger partial charge in [0, 0.05) is 18.6 Å². The first-order valence-corrected chi connectivity index (χ1v) is 10.6. The van der Waals surface area contributed by atoms with E-state index in [0.29, 0.717) is 11.3 Å². The fraction of sp³-hybridized carbons (Fsp3) is 0.238. The summed E-state index contributed by atoms with van der Waals surface area (Å²) in [6.07, 6.45) is 0. The number of rotatable bonds is 7. The molecule has 1 N–H and O–H groups in total. The lowest BCUT2D eigenvalue weighted by Crippen LogP contribution is -2.33. The fourth-order valence-electron chi connectivity index (χ4n) is 3.07. The van der Waals surface area contributed by atoms with Gasteiger partial charge in [0.2, 0.25) is 11.4 Å². The van der Waals surface area contributed by atoms with E-state index in [9.17, 15) is 18.0 Å². The summed E-state index contributed by atoms with van der Waals surface area (Å²) in [7, 11) is -1.24. The highest BCUT2D eigenvalue weighted by Gasteiger charge is 2.51. The largest absolute Gasteiger partial charge is 0.497 e. The van der Waals surface area contributed by atoms with Gasteiger partial charge in [0.05, 0.1) is 19.1 Å². The molecule has 0 amide bonds. The molecule has 0 bridgehead atoms. The first-order chi connectivity index (χ1) is 14.6. The van der Waals surface area contributed by atoms with Crippen molar-refractivity contribution >= 4 is 21.8 Å². The molecule has 31 heavy (non-hydrogen) atoms. The van der Waals surface area contributed by atoms with Gasteiger partial charge in [-0.25, -0.2) is 13.1 Å². The smallest absolute Gasteiger partial charge is 0.308 e. The molecule has 1 unspecified atom stereocenters. The molecular weight excluding hydrogens is 426 g/mol. The summed E-state index contributed by atoms with van der Waals surface area (Å²) in [6, 6.07) is 12.2. The molecule has 2 aromatic carbocycles.